The van der Waals surface area contributed by atoms with Gasteiger partial charge in [0.25, 0.3) is 0 Å². The molecule has 1 fully saturated rings. The van der Waals surface area contributed by atoms with Gasteiger partial charge in [-0.05, 0) is 42.0 Å². The van der Waals surface area contributed by atoms with Crippen molar-refractivity contribution in [3.05, 3.63) is 48.0 Å². The maximum absolute atomic E-state index is 12.0. The van der Waals surface area contributed by atoms with E-state index < -0.39 is 0 Å². The zero-order chi connectivity index (χ0) is 15.2. The van der Waals surface area contributed by atoms with Crippen LogP contribution in [-0.4, -0.2) is 37.1 Å². The summed E-state index contributed by atoms with van der Waals surface area (Å²) in [6, 6.07) is 14.8. The molecule has 3 nitrogen and oxygen atoms in total. The van der Waals surface area contributed by atoms with Crippen molar-refractivity contribution in [2.45, 2.75) is 25.7 Å². The Morgan fingerprint density at radius 1 is 1.00 bits per heavy atom. The van der Waals surface area contributed by atoms with Crippen LogP contribution in [0.2, 0.25) is 0 Å². The van der Waals surface area contributed by atoms with Crippen LogP contribution < -0.4 is 0 Å². The zero-order valence-electron chi connectivity index (χ0n) is 13.0. The molecule has 0 aliphatic carbocycles. The van der Waals surface area contributed by atoms with Crippen LogP contribution in [0.25, 0.3) is 10.8 Å². The number of likely N-dealkylation sites (tertiary alicyclic amines) is 1. The monoisotopic (exact) mass is 297 g/mol. The molecular formula is C19H23NO2. The second-order valence-corrected chi connectivity index (χ2v) is 5.93. The van der Waals surface area contributed by atoms with Crippen molar-refractivity contribution in [1.29, 1.82) is 0 Å². The van der Waals surface area contributed by atoms with E-state index in [1.165, 1.54) is 22.8 Å². The van der Waals surface area contributed by atoms with Crippen LogP contribution in [0.1, 0.15) is 24.8 Å². The first-order chi connectivity index (χ1) is 10.8. The first kappa shape index (κ1) is 15.0. The van der Waals surface area contributed by atoms with Gasteiger partial charge < -0.3 is 9.64 Å². The fourth-order valence-electron chi connectivity index (χ4n) is 2.98. The number of ether oxygens (including phenoxy) is 1. The third kappa shape index (κ3) is 3.86. The molecule has 1 saturated heterocycles. The molecule has 116 valence electrons. The van der Waals surface area contributed by atoms with Gasteiger partial charge in [0, 0.05) is 13.1 Å². The predicted molar refractivity (Wildman–Crippen MR) is 88.9 cm³/mol. The quantitative estimate of drug-likeness (QED) is 0.792. The van der Waals surface area contributed by atoms with E-state index >= 15 is 0 Å². The number of amides is 1. The molecule has 0 aromatic heterocycles. The van der Waals surface area contributed by atoms with Crippen molar-refractivity contribution < 1.29 is 9.53 Å². The molecule has 3 heteroatoms. The van der Waals surface area contributed by atoms with Crippen LogP contribution >= 0.6 is 0 Å². The van der Waals surface area contributed by atoms with E-state index in [1.54, 1.807) is 0 Å². The summed E-state index contributed by atoms with van der Waals surface area (Å²) in [6.07, 6.45) is 4.34. The van der Waals surface area contributed by atoms with Gasteiger partial charge in [-0.3, -0.25) is 4.79 Å². The molecule has 2 aromatic carbocycles. The van der Waals surface area contributed by atoms with E-state index in [0.29, 0.717) is 6.61 Å². The van der Waals surface area contributed by atoms with Gasteiger partial charge in [-0.1, -0.05) is 42.5 Å². The topological polar surface area (TPSA) is 29.5 Å². The molecule has 0 saturated carbocycles. The summed E-state index contributed by atoms with van der Waals surface area (Å²) >= 11 is 0. The highest BCUT2D eigenvalue weighted by molar-refractivity contribution is 5.83. The Bertz CT molecular complexity index is 632. The second kappa shape index (κ2) is 7.41. The number of piperidine rings is 1. The van der Waals surface area contributed by atoms with Crippen molar-refractivity contribution in [3.63, 3.8) is 0 Å². The highest BCUT2D eigenvalue weighted by atomic mass is 16.5. The molecule has 1 amide bonds. The maximum atomic E-state index is 12.0. The normalized spacial score (nSPS) is 15.2. The average Bonchev–Trinajstić information content (AvgIpc) is 2.59. The van der Waals surface area contributed by atoms with E-state index in [2.05, 4.69) is 42.5 Å². The Balaban J connectivity index is 1.44. The van der Waals surface area contributed by atoms with Crippen LogP contribution in [0.3, 0.4) is 0 Å². The molecule has 0 spiro atoms. The summed E-state index contributed by atoms with van der Waals surface area (Å²) in [5.41, 5.74) is 1.25. The number of carbonyl (C=O) groups is 1. The van der Waals surface area contributed by atoms with Gasteiger partial charge in [-0.15, -0.1) is 0 Å². The summed E-state index contributed by atoms with van der Waals surface area (Å²) in [7, 11) is 0. The number of rotatable bonds is 5. The predicted octanol–water partition coefficient (Wildman–Crippen LogP) is 3.41. The minimum atomic E-state index is 0.137. The standard InChI is InChI=1S/C19H23NO2/c21-19(20-11-4-1-5-12-20)15-22-13-10-16-8-9-17-6-2-3-7-18(17)14-16/h2-3,6-9,14H,1,4-5,10-13,15H2. The molecule has 0 radical (unpaired) electrons. The fraction of sp³-hybridized carbons (Fsp3) is 0.421. The summed E-state index contributed by atoms with van der Waals surface area (Å²) in [5.74, 6) is 0.137. The van der Waals surface area contributed by atoms with Gasteiger partial charge in [0.15, 0.2) is 0 Å². The van der Waals surface area contributed by atoms with Gasteiger partial charge in [-0.25, -0.2) is 0 Å². The van der Waals surface area contributed by atoms with E-state index in [4.69, 9.17) is 4.74 Å². The Morgan fingerprint density at radius 2 is 1.77 bits per heavy atom. The van der Waals surface area contributed by atoms with Crippen molar-refractivity contribution in [2.75, 3.05) is 26.3 Å². The first-order valence-corrected chi connectivity index (χ1v) is 8.16. The number of fused-ring (bicyclic) bond motifs is 1. The molecule has 0 unspecified atom stereocenters. The summed E-state index contributed by atoms with van der Waals surface area (Å²) in [5, 5.41) is 2.51. The lowest BCUT2D eigenvalue weighted by atomic mass is 10.1. The lowest BCUT2D eigenvalue weighted by Crippen LogP contribution is -2.38. The van der Waals surface area contributed by atoms with Crippen molar-refractivity contribution in [3.8, 4) is 0 Å². The van der Waals surface area contributed by atoms with Gasteiger partial charge in [0.1, 0.15) is 6.61 Å². The molecule has 22 heavy (non-hydrogen) atoms. The minimum Gasteiger partial charge on any atom is -0.371 e. The van der Waals surface area contributed by atoms with Crippen LogP contribution in [0.5, 0.6) is 0 Å². The number of nitrogens with zero attached hydrogens (tertiary/aromatic N) is 1. The summed E-state index contributed by atoms with van der Waals surface area (Å²) < 4.78 is 5.57. The van der Waals surface area contributed by atoms with E-state index in [-0.39, 0.29) is 12.5 Å². The molecule has 0 atom stereocenters. The SMILES string of the molecule is O=C(COCCc1ccc2ccccc2c1)N1CCCCC1. The Hall–Kier alpha value is -1.87. The Labute approximate surface area is 131 Å². The Morgan fingerprint density at radius 3 is 2.59 bits per heavy atom. The number of benzene rings is 2. The average molecular weight is 297 g/mol. The van der Waals surface area contributed by atoms with Gasteiger partial charge >= 0.3 is 0 Å². The number of hydrogen-bond donors (Lipinski definition) is 0. The zero-order valence-corrected chi connectivity index (χ0v) is 13.0. The summed E-state index contributed by atoms with van der Waals surface area (Å²) in [6.45, 7) is 2.60. The molecule has 0 N–H and O–H groups in total. The van der Waals surface area contributed by atoms with Crippen molar-refractivity contribution in [1.82, 2.24) is 4.90 Å². The Kier molecular flexibility index (Phi) is 5.07. The summed E-state index contributed by atoms with van der Waals surface area (Å²) in [4.78, 5) is 13.9. The molecule has 1 aliphatic rings. The molecule has 3 rings (SSSR count). The first-order valence-electron chi connectivity index (χ1n) is 8.16. The van der Waals surface area contributed by atoms with E-state index in [0.717, 1.165) is 32.4 Å². The lowest BCUT2D eigenvalue weighted by molar-refractivity contribution is -0.137. The molecule has 0 bridgehead atoms. The van der Waals surface area contributed by atoms with Crippen LogP contribution in [-0.2, 0) is 16.0 Å². The third-order valence-corrected chi connectivity index (χ3v) is 4.28. The van der Waals surface area contributed by atoms with E-state index in [1.807, 2.05) is 4.90 Å². The van der Waals surface area contributed by atoms with Crippen molar-refractivity contribution >= 4 is 16.7 Å². The smallest absolute Gasteiger partial charge is 0.248 e. The molecule has 1 aliphatic heterocycles. The third-order valence-electron chi connectivity index (χ3n) is 4.28. The highest BCUT2D eigenvalue weighted by Crippen LogP contribution is 2.16. The molecule has 2 aromatic rings. The number of hydrogen-bond acceptors (Lipinski definition) is 2. The van der Waals surface area contributed by atoms with Gasteiger partial charge in [0.2, 0.25) is 5.91 Å². The maximum Gasteiger partial charge on any atom is 0.248 e. The van der Waals surface area contributed by atoms with Crippen molar-refractivity contribution in [2.24, 2.45) is 0 Å². The van der Waals surface area contributed by atoms with Crippen LogP contribution in [0.4, 0.5) is 0 Å². The van der Waals surface area contributed by atoms with Crippen LogP contribution in [0, 0.1) is 0 Å². The second-order valence-electron chi connectivity index (χ2n) is 5.93. The molecule has 1 heterocycles. The lowest BCUT2D eigenvalue weighted by Gasteiger charge is -2.26. The fourth-order valence-corrected chi connectivity index (χ4v) is 2.98. The van der Waals surface area contributed by atoms with Gasteiger partial charge in [0.05, 0.1) is 6.61 Å². The molecular weight excluding hydrogens is 274 g/mol. The largest absolute Gasteiger partial charge is 0.371 e. The van der Waals surface area contributed by atoms with E-state index in [9.17, 15) is 4.79 Å². The minimum absolute atomic E-state index is 0.137. The van der Waals surface area contributed by atoms with Gasteiger partial charge in [-0.2, -0.15) is 0 Å². The van der Waals surface area contributed by atoms with Crippen LogP contribution in [0.15, 0.2) is 42.5 Å². The number of carbonyl (C=O) groups excluding carboxylic acids is 1. The highest BCUT2D eigenvalue weighted by Gasteiger charge is 2.15.